The van der Waals surface area contributed by atoms with E-state index in [2.05, 4.69) is 34.5 Å². The van der Waals surface area contributed by atoms with E-state index < -0.39 is 10.0 Å². The minimum atomic E-state index is -3.68. The Morgan fingerprint density at radius 3 is 2.21 bits per heavy atom. The molecule has 24 heavy (non-hydrogen) atoms. The SMILES string of the molecule is CC(C)c1ccc(S(=O)(=O)Nc2cc3c(cc2Br)OCCO3)cc1. The van der Waals surface area contributed by atoms with Crippen molar-refractivity contribution in [2.75, 3.05) is 17.9 Å². The van der Waals surface area contributed by atoms with Crippen LogP contribution < -0.4 is 14.2 Å². The maximum absolute atomic E-state index is 12.6. The van der Waals surface area contributed by atoms with Crippen LogP contribution in [0.5, 0.6) is 11.5 Å². The summed E-state index contributed by atoms with van der Waals surface area (Å²) < 4.78 is 39.4. The van der Waals surface area contributed by atoms with Crippen LogP contribution in [0.1, 0.15) is 25.3 Å². The lowest BCUT2D eigenvalue weighted by atomic mass is 10.0. The molecule has 0 radical (unpaired) electrons. The molecule has 0 saturated heterocycles. The molecule has 128 valence electrons. The molecule has 0 atom stereocenters. The number of hydrogen-bond donors (Lipinski definition) is 1. The van der Waals surface area contributed by atoms with E-state index in [4.69, 9.17) is 9.47 Å². The fourth-order valence-electron chi connectivity index (χ4n) is 2.38. The predicted molar refractivity (Wildman–Crippen MR) is 96.5 cm³/mol. The Kier molecular flexibility index (Phi) is 4.73. The van der Waals surface area contributed by atoms with Gasteiger partial charge in [0.05, 0.1) is 10.6 Å². The summed E-state index contributed by atoms with van der Waals surface area (Å²) in [5.74, 6) is 1.47. The summed E-state index contributed by atoms with van der Waals surface area (Å²) in [6, 6.07) is 10.2. The van der Waals surface area contributed by atoms with Gasteiger partial charge in [0, 0.05) is 16.6 Å². The molecule has 7 heteroatoms. The first-order valence-electron chi connectivity index (χ1n) is 7.59. The number of nitrogens with one attached hydrogen (secondary N) is 1. The van der Waals surface area contributed by atoms with Crippen molar-refractivity contribution in [3.8, 4) is 11.5 Å². The van der Waals surface area contributed by atoms with E-state index in [9.17, 15) is 8.42 Å². The van der Waals surface area contributed by atoms with E-state index >= 15 is 0 Å². The second kappa shape index (κ2) is 6.64. The van der Waals surface area contributed by atoms with Crippen LogP contribution >= 0.6 is 15.9 Å². The lowest BCUT2D eigenvalue weighted by molar-refractivity contribution is 0.171. The van der Waals surface area contributed by atoms with Crippen LogP contribution in [-0.2, 0) is 10.0 Å². The third kappa shape index (κ3) is 3.52. The predicted octanol–water partition coefficient (Wildman–Crippen LogP) is 4.14. The van der Waals surface area contributed by atoms with Crippen LogP contribution in [0.3, 0.4) is 0 Å². The Morgan fingerprint density at radius 1 is 1.04 bits per heavy atom. The number of benzene rings is 2. The zero-order valence-corrected chi connectivity index (χ0v) is 15.8. The molecule has 1 aliphatic rings. The van der Waals surface area contributed by atoms with E-state index in [1.54, 1.807) is 24.3 Å². The van der Waals surface area contributed by atoms with Crippen LogP contribution in [0, 0.1) is 0 Å². The Labute approximate surface area is 150 Å². The van der Waals surface area contributed by atoms with Crippen LogP contribution in [0.2, 0.25) is 0 Å². The molecule has 1 N–H and O–H groups in total. The molecule has 1 heterocycles. The van der Waals surface area contributed by atoms with E-state index in [-0.39, 0.29) is 4.90 Å². The lowest BCUT2D eigenvalue weighted by Crippen LogP contribution is -2.17. The van der Waals surface area contributed by atoms with Gasteiger partial charge in [-0.3, -0.25) is 4.72 Å². The minimum absolute atomic E-state index is 0.216. The molecule has 0 aromatic heterocycles. The second-order valence-electron chi connectivity index (χ2n) is 5.80. The topological polar surface area (TPSA) is 64.6 Å². The van der Waals surface area contributed by atoms with Crippen LogP contribution in [-0.4, -0.2) is 21.6 Å². The van der Waals surface area contributed by atoms with Crippen molar-refractivity contribution in [3.05, 3.63) is 46.4 Å². The Bertz CT molecular complexity index is 848. The van der Waals surface area contributed by atoms with Crippen molar-refractivity contribution in [1.82, 2.24) is 0 Å². The zero-order chi connectivity index (χ0) is 17.3. The molecule has 0 unspecified atom stereocenters. The summed E-state index contributed by atoms with van der Waals surface area (Å²) in [7, 11) is -3.68. The first-order valence-corrected chi connectivity index (χ1v) is 9.86. The monoisotopic (exact) mass is 411 g/mol. The molecule has 3 rings (SSSR count). The fraction of sp³-hybridized carbons (Fsp3) is 0.294. The molecule has 0 fully saturated rings. The number of rotatable bonds is 4. The van der Waals surface area contributed by atoms with Gasteiger partial charge in [0.25, 0.3) is 10.0 Å². The first kappa shape index (κ1) is 17.1. The molecule has 1 aliphatic heterocycles. The summed E-state index contributed by atoms with van der Waals surface area (Å²) in [5.41, 5.74) is 1.50. The van der Waals surface area contributed by atoms with E-state index in [1.165, 1.54) is 0 Å². The highest BCUT2D eigenvalue weighted by Gasteiger charge is 2.20. The lowest BCUT2D eigenvalue weighted by Gasteiger charge is -2.20. The van der Waals surface area contributed by atoms with Crippen LogP contribution in [0.15, 0.2) is 45.8 Å². The average Bonchev–Trinajstić information content (AvgIpc) is 2.55. The van der Waals surface area contributed by atoms with Crippen LogP contribution in [0.4, 0.5) is 5.69 Å². The molecule has 0 aliphatic carbocycles. The van der Waals surface area contributed by atoms with Gasteiger partial charge >= 0.3 is 0 Å². The average molecular weight is 412 g/mol. The molecule has 5 nitrogen and oxygen atoms in total. The third-order valence-corrected chi connectivity index (χ3v) is 5.77. The molecule has 0 bridgehead atoms. The Balaban J connectivity index is 1.89. The van der Waals surface area contributed by atoms with Gasteiger partial charge < -0.3 is 9.47 Å². The zero-order valence-electron chi connectivity index (χ0n) is 13.4. The molecular formula is C17H18BrNO4S. The largest absolute Gasteiger partial charge is 0.486 e. The highest BCUT2D eigenvalue weighted by atomic mass is 79.9. The van der Waals surface area contributed by atoms with Gasteiger partial charge in [-0.25, -0.2) is 8.42 Å². The van der Waals surface area contributed by atoms with Crippen molar-refractivity contribution in [1.29, 1.82) is 0 Å². The number of fused-ring (bicyclic) bond motifs is 1. The summed E-state index contributed by atoms with van der Waals surface area (Å²) in [6.45, 7) is 5.05. The molecule has 2 aromatic carbocycles. The second-order valence-corrected chi connectivity index (χ2v) is 8.34. The van der Waals surface area contributed by atoms with Gasteiger partial charge in [-0.1, -0.05) is 26.0 Å². The standard InChI is InChI=1S/C17H18BrNO4S/c1-11(2)12-3-5-13(6-4-12)24(20,21)19-15-10-17-16(9-14(15)18)22-7-8-23-17/h3-6,9-11,19H,7-8H2,1-2H3. The summed E-state index contributed by atoms with van der Waals surface area (Å²) in [5, 5.41) is 0. The number of hydrogen-bond acceptors (Lipinski definition) is 4. The van der Waals surface area contributed by atoms with Gasteiger partial charge in [0.2, 0.25) is 0 Å². The number of ether oxygens (including phenoxy) is 2. The molecule has 0 amide bonds. The van der Waals surface area contributed by atoms with Gasteiger partial charge in [0.15, 0.2) is 11.5 Å². The number of anilines is 1. The van der Waals surface area contributed by atoms with Crippen molar-refractivity contribution >= 4 is 31.6 Å². The Morgan fingerprint density at radius 2 is 1.62 bits per heavy atom. The third-order valence-electron chi connectivity index (χ3n) is 3.73. The smallest absolute Gasteiger partial charge is 0.261 e. The van der Waals surface area contributed by atoms with Gasteiger partial charge in [-0.15, -0.1) is 0 Å². The minimum Gasteiger partial charge on any atom is -0.486 e. The highest BCUT2D eigenvalue weighted by Crippen LogP contribution is 2.38. The molecule has 2 aromatic rings. The van der Waals surface area contributed by atoms with Crippen LogP contribution in [0.25, 0.3) is 0 Å². The Hall–Kier alpha value is -1.73. The quantitative estimate of drug-likeness (QED) is 0.820. The van der Waals surface area contributed by atoms with Crippen molar-refractivity contribution < 1.29 is 17.9 Å². The summed E-state index contributed by atoms with van der Waals surface area (Å²) >= 11 is 3.37. The maximum atomic E-state index is 12.6. The molecular weight excluding hydrogens is 394 g/mol. The highest BCUT2D eigenvalue weighted by molar-refractivity contribution is 9.10. The van der Waals surface area contributed by atoms with Crippen molar-refractivity contribution in [2.24, 2.45) is 0 Å². The van der Waals surface area contributed by atoms with E-state index in [1.807, 2.05) is 12.1 Å². The summed E-state index contributed by atoms with van der Waals surface area (Å²) in [6.07, 6.45) is 0. The molecule has 0 saturated carbocycles. The normalized spacial score (nSPS) is 13.8. The van der Waals surface area contributed by atoms with Gasteiger partial charge in [0.1, 0.15) is 13.2 Å². The summed E-state index contributed by atoms with van der Waals surface area (Å²) in [4.78, 5) is 0.216. The number of sulfonamides is 1. The number of halogens is 1. The molecule has 0 spiro atoms. The van der Waals surface area contributed by atoms with Gasteiger partial charge in [-0.05, 0) is 39.5 Å². The van der Waals surface area contributed by atoms with Gasteiger partial charge in [-0.2, -0.15) is 0 Å². The van der Waals surface area contributed by atoms with Crippen molar-refractivity contribution in [2.45, 2.75) is 24.7 Å². The van der Waals surface area contributed by atoms with E-state index in [0.717, 1.165) is 5.56 Å². The van der Waals surface area contributed by atoms with E-state index in [0.29, 0.717) is 40.8 Å². The maximum Gasteiger partial charge on any atom is 0.261 e. The first-order chi connectivity index (χ1) is 11.4. The fourth-order valence-corrected chi connectivity index (χ4v) is 4.00. The van der Waals surface area contributed by atoms with Crippen molar-refractivity contribution in [3.63, 3.8) is 0 Å².